The Hall–Kier alpha value is -2.53. The number of hydrogen-bond donors (Lipinski definition) is 3. The topological polar surface area (TPSA) is 83.9 Å². The number of nitrogens with two attached hydrogens (primary N) is 1. The van der Waals surface area contributed by atoms with Crippen molar-refractivity contribution in [2.75, 3.05) is 7.11 Å². The summed E-state index contributed by atoms with van der Waals surface area (Å²) >= 11 is 0. The van der Waals surface area contributed by atoms with Crippen LogP contribution in [0.2, 0.25) is 0 Å². The van der Waals surface area contributed by atoms with E-state index in [4.69, 9.17) is 10.5 Å². The summed E-state index contributed by atoms with van der Waals surface area (Å²) < 4.78 is 5.35. The van der Waals surface area contributed by atoms with Gasteiger partial charge in [-0.25, -0.2) is 4.79 Å². The van der Waals surface area contributed by atoms with Gasteiger partial charge in [-0.05, 0) is 35.7 Å². The van der Waals surface area contributed by atoms with Gasteiger partial charge in [-0.15, -0.1) is 0 Å². The van der Waals surface area contributed by atoms with Crippen molar-refractivity contribution in [1.82, 2.24) is 9.97 Å². The van der Waals surface area contributed by atoms with Gasteiger partial charge in [0.25, 0.3) is 0 Å². The lowest BCUT2D eigenvalue weighted by molar-refractivity contribution is 0.408. The number of aromatic amines is 2. The molecule has 3 aromatic rings. The molecule has 1 heterocycles. The molecule has 1 atom stereocenters. The Morgan fingerprint density at radius 2 is 1.90 bits per heavy atom. The Morgan fingerprint density at radius 3 is 2.71 bits per heavy atom. The van der Waals surface area contributed by atoms with Crippen LogP contribution in [0.15, 0.2) is 47.3 Å². The lowest BCUT2D eigenvalue weighted by Gasteiger charge is -2.14. The highest BCUT2D eigenvalue weighted by Crippen LogP contribution is 2.24. The predicted octanol–water partition coefficient (Wildman–Crippen LogP) is 2.11. The fourth-order valence-corrected chi connectivity index (χ4v) is 2.51. The fourth-order valence-electron chi connectivity index (χ4n) is 2.51. The van der Waals surface area contributed by atoms with E-state index in [1.54, 1.807) is 7.11 Å². The number of ether oxygens (including phenoxy) is 1. The van der Waals surface area contributed by atoms with Gasteiger partial charge in [-0.1, -0.05) is 24.3 Å². The second-order valence-corrected chi connectivity index (χ2v) is 5.01. The second-order valence-electron chi connectivity index (χ2n) is 5.01. The van der Waals surface area contributed by atoms with E-state index in [-0.39, 0.29) is 11.7 Å². The van der Waals surface area contributed by atoms with Crippen LogP contribution >= 0.6 is 0 Å². The molecule has 0 saturated carbocycles. The van der Waals surface area contributed by atoms with Gasteiger partial charge in [0.15, 0.2) is 0 Å². The molecule has 5 nitrogen and oxygen atoms in total. The summed E-state index contributed by atoms with van der Waals surface area (Å²) in [6.07, 6.45) is 0.671. The maximum Gasteiger partial charge on any atom is 0.323 e. The maximum absolute atomic E-state index is 11.3. The summed E-state index contributed by atoms with van der Waals surface area (Å²) in [4.78, 5) is 16.8. The molecule has 2 aromatic carbocycles. The SMILES string of the molecule is COc1ccccc1CC(N)c1ccc2[nH]c(=O)[nH]c2c1. The maximum atomic E-state index is 11.3. The minimum Gasteiger partial charge on any atom is -0.496 e. The first-order chi connectivity index (χ1) is 10.2. The van der Waals surface area contributed by atoms with Crippen LogP contribution in [-0.4, -0.2) is 17.1 Å². The molecule has 0 aliphatic rings. The van der Waals surface area contributed by atoms with Gasteiger partial charge in [-0.3, -0.25) is 0 Å². The van der Waals surface area contributed by atoms with Gasteiger partial charge < -0.3 is 20.4 Å². The zero-order chi connectivity index (χ0) is 14.8. The Labute approximate surface area is 121 Å². The van der Waals surface area contributed by atoms with E-state index in [9.17, 15) is 4.79 Å². The van der Waals surface area contributed by atoms with E-state index < -0.39 is 0 Å². The van der Waals surface area contributed by atoms with Gasteiger partial charge in [0.1, 0.15) is 5.75 Å². The zero-order valence-electron chi connectivity index (χ0n) is 11.7. The fraction of sp³-hybridized carbons (Fsp3) is 0.188. The number of imidazole rings is 1. The number of nitrogens with one attached hydrogen (secondary N) is 2. The van der Waals surface area contributed by atoms with Gasteiger partial charge in [0.2, 0.25) is 0 Å². The minimum absolute atomic E-state index is 0.163. The molecular formula is C16H17N3O2. The number of para-hydroxylation sites is 1. The first-order valence-corrected chi connectivity index (χ1v) is 6.77. The second kappa shape index (κ2) is 5.46. The van der Waals surface area contributed by atoms with Crippen molar-refractivity contribution in [2.45, 2.75) is 12.5 Å². The van der Waals surface area contributed by atoms with E-state index in [1.807, 2.05) is 42.5 Å². The third-order valence-corrected chi connectivity index (χ3v) is 3.60. The zero-order valence-corrected chi connectivity index (χ0v) is 11.7. The van der Waals surface area contributed by atoms with Crippen LogP contribution in [0.1, 0.15) is 17.2 Å². The average molecular weight is 283 g/mol. The highest BCUT2D eigenvalue weighted by atomic mass is 16.5. The third-order valence-electron chi connectivity index (χ3n) is 3.60. The third kappa shape index (κ3) is 2.68. The Kier molecular flexibility index (Phi) is 3.50. The van der Waals surface area contributed by atoms with Crippen molar-refractivity contribution in [3.63, 3.8) is 0 Å². The highest BCUT2D eigenvalue weighted by molar-refractivity contribution is 5.75. The Morgan fingerprint density at radius 1 is 1.14 bits per heavy atom. The number of aromatic nitrogens is 2. The van der Waals surface area contributed by atoms with Crippen LogP contribution in [0.25, 0.3) is 11.0 Å². The molecule has 0 amide bonds. The molecule has 0 spiro atoms. The van der Waals surface area contributed by atoms with E-state index in [1.165, 1.54) is 0 Å². The molecule has 3 rings (SSSR count). The van der Waals surface area contributed by atoms with Crippen LogP contribution in [0.5, 0.6) is 5.75 Å². The van der Waals surface area contributed by atoms with Gasteiger partial charge in [0, 0.05) is 6.04 Å². The van der Waals surface area contributed by atoms with E-state index in [0.29, 0.717) is 6.42 Å². The standard InChI is InChI=1S/C16H17N3O2/c1-21-15-5-3-2-4-11(15)8-12(17)10-6-7-13-14(9-10)19-16(20)18-13/h2-7,9,12H,8,17H2,1H3,(H2,18,19,20). The number of benzene rings is 2. The van der Waals surface area contributed by atoms with Crippen LogP contribution in [-0.2, 0) is 6.42 Å². The predicted molar refractivity (Wildman–Crippen MR) is 82.5 cm³/mol. The van der Waals surface area contributed by atoms with Gasteiger partial charge in [0.05, 0.1) is 18.1 Å². The van der Waals surface area contributed by atoms with Crippen LogP contribution < -0.4 is 16.2 Å². The number of methoxy groups -OCH3 is 1. The van der Waals surface area contributed by atoms with Crippen LogP contribution in [0.4, 0.5) is 0 Å². The summed E-state index contributed by atoms with van der Waals surface area (Å²) in [7, 11) is 1.65. The molecule has 1 unspecified atom stereocenters. The molecule has 0 aliphatic carbocycles. The smallest absolute Gasteiger partial charge is 0.323 e. The van der Waals surface area contributed by atoms with Crippen molar-refractivity contribution in [3.05, 3.63) is 64.1 Å². The number of fused-ring (bicyclic) bond motifs is 1. The van der Waals surface area contributed by atoms with Gasteiger partial charge >= 0.3 is 5.69 Å². The molecule has 0 saturated heterocycles. The van der Waals surface area contributed by atoms with Crippen molar-refractivity contribution in [2.24, 2.45) is 5.73 Å². The van der Waals surface area contributed by atoms with Crippen molar-refractivity contribution >= 4 is 11.0 Å². The first-order valence-electron chi connectivity index (χ1n) is 6.77. The molecule has 5 heteroatoms. The summed E-state index contributed by atoms with van der Waals surface area (Å²) in [5.41, 5.74) is 9.68. The molecule has 0 aliphatic heterocycles. The molecule has 1 aromatic heterocycles. The number of H-pyrrole nitrogens is 2. The minimum atomic E-state index is -0.208. The summed E-state index contributed by atoms with van der Waals surface area (Å²) in [6.45, 7) is 0. The largest absolute Gasteiger partial charge is 0.496 e. The first kappa shape index (κ1) is 13.5. The van der Waals surface area contributed by atoms with E-state index >= 15 is 0 Å². The van der Waals surface area contributed by atoms with E-state index in [0.717, 1.165) is 27.9 Å². The normalized spacial score (nSPS) is 12.5. The average Bonchev–Trinajstić information content (AvgIpc) is 2.86. The van der Waals surface area contributed by atoms with Crippen molar-refractivity contribution in [1.29, 1.82) is 0 Å². The molecule has 0 radical (unpaired) electrons. The van der Waals surface area contributed by atoms with Crippen LogP contribution in [0, 0.1) is 0 Å². The van der Waals surface area contributed by atoms with E-state index in [2.05, 4.69) is 9.97 Å². The summed E-state index contributed by atoms with van der Waals surface area (Å²) in [5.74, 6) is 0.837. The monoisotopic (exact) mass is 283 g/mol. The van der Waals surface area contributed by atoms with Crippen molar-refractivity contribution < 1.29 is 4.74 Å². The Bertz CT molecular complexity index is 820. The summed E-state index contributed by atoms with van der Waals surface area (Å²) in [6, 6.07) is 13.4. The highest BCUT2D eigenvalue weighted by Gasteiger charge is 2.11. The molecule has 108 valence electrons. The molecule has 0 fully saturated rings. The van der Waals surface area contributed by atoms with Crippen LogP contribution in [0.3, 0.4) is 0 Å². The van der Waals surface area contributed by atoms with Gasteiger partial charge in [-0.2, -0.15) is 0 Å². The van der Waals surface area contributed by atoms with Crippen molar-refractivity contribution in [3.8, 4) is 5.75 Å². The molecular weight excluding hydrogens is 266 g/mol. The summed E-state index contributed by atoms with van der Waals surface area (Å²) in [5, 5.41) is 0. The lowest BCUT2D eigenvalue weighted by Crippen LogP contribution is -2.13. The quantitative estimate of drug-likeness (QED) is 0.685. The Balaban J connectivity index is 1.89. The lowest BCUT2D eigenvalue weighted by atomic mass is 9.99. The molecule has 21 heavy (non-hydrogen) atoms. The number of rotatable bonds is 4. The molecule has 0 bridgehead atoms. The molecule has 4 N–H and O–H groups in total. The number of hydrogen-bond acceptors (Lipinski definition) is 3.